The van der Waals surface area contributed by atoms with Gasteiger partial charge in [0.05, 0.1) is 5.56 Å². The van der Waals surface area contributed by atoms with Gasteiger partial charge in [-0.1, -0.05) is 37.3 Å². The lowest BCUT2D eigenvalue weighted by atomic mass is 10.1. The SMILES string of the molecule is CCc1[nH]c(Cc2ccccc2)cc1C(=O)N1CCN(C)CCN(C)CC1. The highest BCUT2D eigenvalue weighted by Crippen LogP contribution is 2.18. The van der Waals surface area contributed by atoms with E-state index in [1.165, 1.54) is 5.56 Å². The topological polar surface area (TPSA) is 42.6 Å². The highest BCUT2D eigenvalue weighted by Gasteiger charge is 2.22. The van der Waals surface area contributed by atoms with E-state index in [1.807, 2.05) is 11.0 Å². The van der Waals surface area contributed by atoms with Crippen molar-refractivity contribution in [2.45, 2.75) is 19.8 Å². The van der Waals surface area contributed by atoms with Crippen molar-refractivity contribution in [2.75, 3.05) is 53.4 Å². The predicted molar refractivity (Wildman–Crippen MR) is 110 cm³/mol. The van der Waals surface area contributed by atoms with Crippen molar-refractivity contribution >= 4 is 5.91 Å². The number of aryl methyl sites for hydroxylation is 1. The van der Waals surface area contributed by atoms with Crippen LogP contribution in [0.15, 0.2) is 36.4 Å². The normalized spacial score (nSPS) is 17.4. The molecule has 1 aliphatic heterocycles. The Morgan fingerprint density at radius 3 is 2.15 bits per heavy atom. The molecule has 0 unspecified atom stereocenters. The summed E-state index contributed by atoms with van der Waals surface area (Å²) in [7, 11) is 4.26. The van der Waals surface area contributed by atoms with Gasteiger partial charge in [-0.2, -0.15) is 0 Å². The maximum Gasteiger partial charge on any atom is 0.255 e. The Bertz CT molecular complexity index is 726. The molecule has 1 aromatic heterocycles. The van der Waals surface area contributed by atoms with E-state index in [0.29, 0.717) is 0 Å². The number of amides is 1. The number of nitrogens with one attached hydrogen (secondary N) is 1. The molecule has 2 aromatic rings. The largest absolute Gasteiger partial charge is 0.361 e. The number of carbonyl (C=O) groups is 1. The summed E-state index contributed by atoms with van der Waals surface area (Å²) in [5.41, 5.74) is 4.26. The van der Waals surface area contributed by atoms with Crippen molar-refractivity contribution in [3.63, 3.8) is 0 Å². The molecule has 0 radical (unpaired) electrons. The maximum absolute atomic E-state index is 13.3. The van der Waals surface area contributed by atoms with Crippen molar-refractivity contribution in [3.05, 3.63) is 58.9 Å². The highest BCUT2D eigenvalue weighted by molar-refractivity contribution is 5.95. The van der Waals surface area contributed by atoms with Gasteiger partial charge in [-0.15, -0.1) is 0 Å². The zero-order chi connectivity index (χ0) is 19.2. The summed E-state index contributed by atoms with van der Waals surface area (Å²) in [6.07, 6.45) is 1.66. The first-order valence-corrected chi connectivity index (χ1v) is 9.98. The van der Waals surface area contributed by atoms with Crippen LogP contribution >= 0.6 is 0 Å². The lowest BCUT2D eigenvalue weighted by Crippen LogP contribution is -2.39. The minimum absolute atomic E-state index is 0.158. The Labute approximate surface area is 163 Å². The lowest BCUT2D eigenvalue weighted by Gasteiger charge is -2.24. The van der Waals surface area contributed by atoms with E-state index in [0.717, 1.165) is 69.1 Å². The molecule has 2 heterocycles. The van der Waals surface area contributed by atoms with Gasteiger partial charge in [-0.05, 0) is 32.1 Å². The molecule has 0 bridgehead atoms. The zero-order valence-electron chi connectivity index (χ0n) is 16.9. The standard InChI is InChI=1S/C22H32N4O/c1-4-21-20(17-19(23-21)16-18-8-6-5-7-9-18)22(27)26-14-12-24(2)10-11-25(3)13-15-26/h5-9,17,23H,4,10-16H2,1-3H3. The van der Waals surface area contributed by atoms with Crippen molar-refractivity contribution in [2.24, 2.45) is 0 Å². The van der Waals surface area contributed by atoms with Crippen molar-refractivity contribution in [1.82, 2.24) is 19.7 Å². The van der Waals surface area contributed by atoms with E-state index in [4.69, 9.17) is 0 Å². The summed E-state index contributed by atoms with van der Waals surface area (Å²) in [4.78, 5) is 23.4. The van der Waals surface area contributed by atoms with Gasteiger partial charge in [0.25, 0.3) is 5.91 Å². The predicted octanol–water partition coefficient (Wildman–Crippen LogP) is 2.49. The average Bonchev–Trinajstić information content (AvgIpc) is 3.11. The molecule has 1 aliphatic rings. The van der Waals surface area contributed by atoms with Crippen LogP contribution in [0.25, 0.3) is 0 Å². The molecule has 27 heavy (non-hydrogen) atoms. The smallest absolute Gasteiger partial charge is 0.255 e. The quantitative estimate of drug-likeness (QED) is 0.902. The molecule has 146 valence electrons. The van der Waals surface area contributed by atoms with Crippen LogP contribution in [0.2, 0.25) is 0 Å². The number of aromatic nitrogens is 1. The summed E-state index contributed by atoms with van der Waals surface area (Å²) < 4.78 is 0. The van der Waals surface area contributed by atoms with Gasteiger partial charge in [0.1, 0.15) is 0 Å². The second-order valence-corrected chi connectivity index (χ2v) is 7.60. The molecule has 0 atom stereocenters. The lowest BCUT2D eigenvalue weighted by molar-refractivity contribution is 0.0740. The summed E-state index contributed by atoms with van der Waals surface area (Å²) in [6, 6.07) is 12.5. The molecule has 0 saturated carbocycles. The number of aromatic amines is 1. The molecular formula is C22H32N4O. The molecule has 1 aromatic carbocycles. The molecule has 3 rings (SSSR count). The zero-order valence-corrected chi connectivity index (χ0v) is 16.9. The van der Waals surface area contributed by atoms with E-state index >= 15 is 0 Å². The van der Waals surface area contributed by atoms with Crippen molar-refractivity contribution < 1.29 is 4.79 Å². The second-order valence-electron chi connectivity index (χ2n) is 7.60. The maximum atomic E-state index is 13.3. The van der Waals surface area contributed by atoms with Crippen molar-refractivity contribution in [3.8, 4) is 0 Å². The number of carbonyl (C=O) groups excluding carboxylic acids is 1. The number of hydrogen-bond donors (Lipinski definition) is 1. The first kappa shape index (κ1) is 19.6. The van der Waals surface area contributed by atoms with Gasteiger partial charge in [0, 0.05) is 57.1 Å². The molecule has 5 heteroatoms. The Balaban J connectivity index is 1.77. The fourth-order valence-corrected chi connectivity index (χ4v) is 3.57. The molecule has 1 amide bonds. The van der Waals surface area contributed by atoms with Crippen LogP contribution in [0.4, 0.5) is 0 Å². The van der Waals surface area contributed by atoms with E-state index in [1.54, 1.807) is 0 Å². The minimum atomic E-state index is 0.158. The Kier molecular flexibility index (Phi) is 6.69. The monoisotopic (exact) mass is 368 g/mol. The molecule has 1 fully saturated rings. The van der Waals surface area contributed by atoms with Gasteiger partial charge in [0.2, 0.25) is 0 Å². The first-order chi connectivity index (χ1) is 13.1. The summed E-state index contributed by atoms with van der Waals surface area (Å²) >= 11 is 0. The minimum Gasteiger partial charge on any atom is -0.361 e. The van der Waals surface area contributed by atoms with Crippen LogP contribution < -0.4 is 0 Å². The second kappa shape index (κ2) is 9.20. The third kappa shape index (κ3) is 5.21. The van der Waals surface area contributed by atoms with Crippen LogP contribution in [-0.2, 0) is 12.8 Å². The fourth-order valence-electron chi connectivity index (χ4n) is 3.57. The van der Waals surface area contributed by atoms with Crippen LogP contribution in [0.1, 0.15) is 34.2 Å². The molecule has 1 N–H and O–H groups in total. The number of hydrogen-bond acceptors (Lipinski definition) is 3. The first-order valence-electron chi connectivity index (χ1n) is 9.98. The van der Waals surface area contributed by atoms with Crippen LogP contribution in [0.3, 0.4) is 0 Å². The van der Waals surface area contributed by atoms with E-state index in [2.05, 4.69) is 66.1 Å². The fraction of sp³-hybridized carbons (Fsp3) is 0.500. The molecule has 0 spiro atoms. The van der Waals surface area contributed by atoms with E-state index in [9.17, 15) is 4.79 Å². The molecule has 5 nitrogen and oxygen atoms in total. The Morgan fingerprint density at radius 1 is 0.963 bits per heavy atom. The molecule has 1 saturated heterocycles. The van der Waals surface area contributed by atoms with Gasteiger partial charge >= 0.3 is 0 Å². The number of likely N-dealkylation sites (N-methyl/N-ethyl adjacent to an activating group) is 2. The van der Waals surface area contributed by atoms with Gasteiger partial charge in [-0.25, -0.2) is 0 Å². The van der Waals surface area contributed by atoms with Gasteiger partial charge in [0.15, 0.2) is 0 Å². The average molecular weight is 369 g/mol. The van der Waals surface area contributed by atoms with Crippen LogP contribution in [0, 0.1) is 0 Å². The van der Waals surface area contributed by atoms with Gasteiger partial charge < -0.3 is 19.7 Å². The summed E-state index contributed by atoms with van der Waals surface area (Å²) in [6.45, 7) is 7.60. The molecule has 0 aliphatic carbocycles. The van der Waals surface area contributed by atoms with Gasteiger partial charge in [-0.3, -0.25) is 4.79 Å². The van der Waals surface area contributed by atoms with Crippen LogP contribution in [0.5, 0.6) is 0 Å². The number of benzene rings is 1. The Hall–Kier alpha value is -2.11. The van der Waals surface area contributed by atoms with E-state index in [-0.39, 0.29) is 5.91 Å². The number of nitrogens with zero attached hydrogens (tertiary/aromatic N) is 3. The third-order valence-electron chi connectivity index (χ3n) is 5.43. The van der Waals surface area contributed by atoms with E-state index < -0.39 is 0 Å². The summed E-state index contributed by atoms with van der Waals surface area (Å²) in [5, 5.41) is 0. The highest BCUT2D eigenvalue weighted by atomic mass is 16.2. The van der Waals surface area contributed by atoms with Crippen molar-refractivity contribution in [1.29, 1.82) is 0 Å². The van der Waals surface area contributed by atoms with Crippen LogP contribution in [-0.4, -0.2) is 79.0 Å². The third-order valence-corrected chi connectivity index (χ3v) is 5.43. The summed E-state index contributed by atoms with van der Waals surface area (Å²) in [5.74, 6) is 0.158. The molecular weight excluding hydrogens is 336 g/mol. The number of rotatable bonds is 4. The Morgan fingerprint density at radius 2 is 1.56 bits per heavy atom. The number of H-pyrrole nitrogens is 1.